The predicted molar refractivity (Wildman–Crippen MR) is 127 cm³/mol. The molecule has 2 N–H and O–H groups in total. The second-order valence-corrected chi connectivity index (χ2v) is 10.8. The first-order valence-corrected chi connectivity index (χ1v) is 12.6. The second kappa shape index (κ2) is 10.7. The predicted octanol–water partition coefficient (Wildman–Crippen LogP) is 3.31. The fourth-order valence-corrected chi connectivity index (χ4v) is 5.30. The highest BCUT2D eigenvalue weighted by Crippen LogP contribution is 2.25. The highest BCUT2D eigenvalue weighted by atomic mass is 32.2. The molecule has 0 radical (unpaired) electrons. The lowest BCUT2D eigenvalue weighted by Gasteiger charge is -2.22. The summed E-state index contributed by atoms with van der Waals surface area (Å²) in [6.07, 6.45) is 2.47. The quantitative estimate of drug-likeness (QED) is 0.580. The average Bonchev–Trinajstić information content (AvgIpc) is 3.27. The van der Waals surface area contributed by atoms with E-state index in [2.05, 4.69) is 10.9 Å². The van der Waals surface area contributed by atoms with Crippen LogP contribution in [0.2, 0.25) is 0 Å². The monoisotopic (exact) mass is 476 g/mol. The van der Waals surface area contributed by atoms with Gasteiger partial charge in [0.2, 0.25) is 10.0 Å². The third-order valence-electron chi connectivity index (χ3n) is 6.11. The Balaban J connectivity index is 1.53. The van der Waals surface area contributed by atoms with Crippen molar-refractivity contribution in [2.75, 3.05) is 20.6 Å². The van der Waals surface area contributed by atoms with E-state index in [9.17, 15) is 17.6 Å². The van der Waals surface area contributed by atoms with Crippen molar-refractivity contribution in [3.63, 3.8) is 0 Å². The van der Waals surface area contributed by atoms with Crippen molar-refractivity contribution in [1.29, 1.82) is 0 Å². The summed E-state index contributed by atoms with van der Waals surface area (Å²) < 4.78 is 40.3. The van der Waals surface area contributed by atoms with Gasteiger partial charge in [-0.2, -0.15) is 4.31 Å². The number of carbonyl (C=O) groups excluding carboxylic acids is 1. The van der Waals surface area contributed by atoms with E-state index in [0.29, 0.717) is 12.1 Å². The number of nitrogens with zero attached hydrogens (tertiary/aromatic N) is 2. The molecule has 1 fully saturated rings. The lowest BCUT2D eigenvalue weighted by atomic mass is 9.99. The standard InChI is InChI=1S/C24H33FN4O3S/c1-17(2)29(4)33(31,32)22-12-6-9-19(15-22)24(30)28(3)13-7-11-21-16-23(27-26-21)18-8-5-10-20(25)14-18/h5-6,8-10,12,14-15,17,21,23,26-27H,7,11,13,16H2,1-4H3. The van der Waals surface area contributed by atoms with E-state index in [1.54, 1.807) is 50.1 Å². The van der Waals surface area contributed by atoms with Crippen LogP contribution in [0.1, 0.15) is 55.1 Å². The Morgan fingerprint density at radius 3 is 2.55 bits per heavy atom. The summed E-state index contributed by atoms with van der Waals surface area (Å²) in [5, 5.41) is 0. The topological polar surface area (TPSA) is 81.8 Å². The Hall–Kier alpha value is -2.33. The van der Waals surface area contributed by atoms with Gasteiger partial charge in [0.1, 0.15) is 5.82 Å². The van der Waals surface area contributed by atoms with E-state index in [-0.39, 0.29) is 34.7 Å². The van der Waals surface area contributed by atoms with E-state index in [1.807, 2.05) is 6.07 Å². The van der Waals surface area contributed by atoms with Gasteiger partial charge in [0.05, 0.1) is 4.90 Å². The average molecular weight is 477 g/mol. The molecule has 7 nitrogen and oxygen atoms in total. The van der Waals surface area contributed by atoms with Crippen molar-refractivity contribution in [3.05, 3.63) is 65.5 Å². The van der Waals surface area contributed by atoms with Gasteiger partial charge in [0, 0.05) is 44.3 Å². The molecule has 1 aliphatic heterocycles. The molecule has 0 bridgehead atoms. The fraction of sp³-hybridized carbons (Fsp3) is 0.458. The smallest absolute Gasteiger partial charge is 0.253 e. The minimum Gasteiger partial charge on any atom is -0.342 e. The molecular formula is C24H33FN4O3S. The van der Waals surface area contributed by atoms with Crippen LogP contribution in [-0.2, 0) is 10.0 Å². The van der Waals surface area contributed by atoms with Crippen molar-refractivity contribution < 1.29 is 17.6 Å². The van der Waals surface area contributed by atoms with Crippen molar-refractivity contribution in [2.24, 2.45) is 0 Å². The van der Waals surface area contributed by atoms with E-state index in [0.717, 1.165) is 24.8 Å². The maximum Gasteiger partial charge on any atom is 0.253 e. The minimum absolute atomic E-state index is 0.0544. The molecule has 1 saturated heterocycles. The van der Waals surface area contributed by atoms with E-state index in [1.165, 1.54) is 29.6 Å². The number of amides is 1. The van der Waals surface area contributed by atoms with Crippen molar-refractivity contribution in [1.82, 2.24) is 20.1 Å². The van der Waals surface area contributed by atoms with Crippen molar-refractivity contribution in [3.8, 4) is 0 Å². The zero-order valence-electron chi connectivity index (χ0n) is 19.6. The zero-order chi connectivity index (χ0) is 24.2. The van der Waals surface area contributed by atoms with Gasteiger partial charge in [-0.15, -0.1) is 0 Å². The summed E-state index contributed by atoms with van der Waals surface area (Å²) in [5.41, 5.74) is 7.73. The number of hydrogen-bond donors (Lipinski definition) is 2. The number of halogens is 1. The van der Waals surface area contributed by atoms with Crippen LogP contribution in [0.15, 0.2) is 53.4 Å². The number of benzene rings is 2. The maximum absolute atomic E-state index is 13.5. The fourth-order valence-electron chi connectivity index (χ4n) is 3.88. The summed E-state index contributed by atoms with van der Waals surface area (Å²) in [5.74, 6) is -0.458. The normalized spacial score (nSPS) is 18.8. The van der Waals surface area contributed by atoms with Gasteiger partial charge in [0.25, 0.3) is 5.91 Å². The molecule has 3 rings (SSSR count). The van der Waals surface area contributed by atoms with Crippen LogP contribution in [0, 0.1) is 5.82 Å². The summed E-state index contributed by atoms with van der Waals surface area (Å²) in [6.45, 7) is 4.15. The first kappa shape index (κ1) is 25.3. The van der Waals surface area contributed by atoms with Crippen molar-refractivity contribution >= 4 is 15.9 Å². The highest BCUT2D eigenvalue weighted by molar-refractivity contribution is 7.89. The molecule has 33 heavy (non-hydrogen) atoms. The number of sulfonamides is 1. The van der Waals surface area contributed by atoms with Crippen LogP contribution < -0.4 is 10.9 Å². The number of hydrogen-bond acceptors (Lipinski definition) is 5. The summed E-state index contributed by atoms with van der Waals surface area (Å²) in [7, 11) is -0.400. The minimum atomic E-state index is -3.65. The molecule has 0 aliphatic carbocycles. The molecule has 180 valence electrons. The van der Waals surface area contributed by atoms with Crippen LogP contribution in [0.25, 0.3) is 0 Å². The van der Waals surface area contributed by atoms with Crippen molar-refractivity contribution in [2.45, 2.75) is 56.1 Å². The maximum atomic E-state index is 13.5. The molecule has 9 heteroatoms. The summed E-state index contributed by atoms with van der Waals surface area (Å²) >= 11 is 0. The number of hydrazine groups is 1. The molecule has 1 aliphatic rings. The molecule has 1 heterocycles. The van der Waals surface area contributed by atoms with E-state index in [4.69, 9.17) is 0 Å². The molecular weight excluding hydrogens is 443 g/mol. The van der Waals surface area contributed by atoms with Crippen LogP contribution in [-0.4, -0.2) is 56.3 Å². The van der Waals surface area contributed by atoms with Gasteiger partial charge in [-0.25, -0.2) is 12.8 Å². The first-order valence-electron chi connectivity index (χ1n) is 11.2. The van der Waals surface area contributed by atoms with Gasteiger partial charge in [-0.3, -0.25) is 15.6 Å². The SMILES string of the molecule is CC(C)N(C)S(=O)(=O)c1cccc(C(=O)N(C)CCCC2CC(c3cccc(F)c3)NN2)c1. The van der Waals surface area contributed by atoms with E-state index < -0.39 is 10.0 Å². The molecule has 0 spiro atoms. The van der Waals surface area contributed by atoms with Crippen LogP contribution in [0.5, 0.6) is 0 Å². The molecule has 0 aromatic heterocycles. The molecule has 2 aromatic rings. The highest BCUT2D eigenvalue weighted by Gasteiger charge is 2.26. The molecule has 0 saturated carbocycles. The number of carbonyl (C=O) groups is 1. The number of nitrogens with one attached hydrogen (secondary N) is 2. The lowest BCUT2D eigenvalue weighted by Crippen LogP contribution is -2.33. The van der Waals surface area contributed by atoms with Crippen LogP contribution >= 0.6 is 0 Å². The Labute approximate surface area is 196 Å². The largest absolute Gasteiger partial charge is 0.342 e. The van der Waals surface area contributed by atoms with Gasteiger partial charge >= 0.3 is 0 Å². The molecule has 2 atom stereocenters. The Bertz CT molecular complexity index is 1080. The Morgan fingerprint density at radius 2 is 1.85 bits per heavy atom. The third kappa shape index (κ3) is 6.17. The van der Waals surface area contributed by atoms with Gasteiger partial charge < -0.3 is 4.90 Å². The van der Waals surface area contributed by atoms with Gasteiger partial charge in [-0.1, -0.05) is 18.2 Å². The Kier molecular flexibility index (Phi) is 8.23. The molecule has 1 amide bonds. The second-order valence-electron chi connectivity index (χ2n) is 8.84. The third-order valence-corrected chi connectivity index (χ3v) is 8.14. The Morgan fingerprint density at radius 1 is 1.12 bits per heavy atom. The first-order chi connectivity index (χ1) is 15.6. The summed E-state index contributed by atoms with van der Waals surface area (Å²) in [6, 6.07) is 12.9. The van der Waals surface area contributed by atoms with E-state index >= 15 is 0 Å². The van der Waals surface area contributed by atoms with Gasteiger partial charge in [-0.05, 0) is 69.0 Å². The van der Waals surface area contributed by atoms with Gasteiger partial charge in [0.15, 0.2) is 0 Å². The summed E-state index contributed by atoms with van der Waals surface area (Å²) in [4.78, 5) is 14.6. The molecule has 2 unspecified atom stereocenters. The zero-order valence-corrected chi connectivity index (χ0v) is 20.4. The molecule has 2 aromatic carbocycles. The number of rotatable bonds is 9. The lowest BCUT2D eigenvalue weighted by molar-refractivity contribution is 0.0791. The van der Waals surface area contributed by atoms with Crippen LogP contribution in [0.4, 0.5) is 4.39 Å². The van der Waals surface area contributed by atoms with Crippen LogP contribution in [0.3, 0.4) is 0 Å².